The summed E-state index contributed by atoms with van der Waals surface area (Å²) in [5.41, 5.74) is 7.59. The molecule has 1 heterocycles. The number of phenols is 1. The Morgan fingerprint density at radius 3 is 2.30 bits per heavy atom. The number of likely N-dealkylation sites (tertiary alicyclic amines) is 1. The van der Waals surface area contributed by atoms with E-state index in [1.165, 1.54) is 12.1 Å². The van der Waals surface area contributed by atoms with Crippen LogP contribution in [0.4, 0.5) is 0 Å². The van der Waals surface area contributed by atoms with Crippen LogP contribution in [0.2, 0.25) is 0 Å². The van der Waals surface area contributed by atoms with Crippen LogP contribution in [0.15, 0.2) is 54.6 Å². The number of aliphatic carboxylic acids is 1. The maximum Gasteiger partial charge on any atom is 0.326 e. The first-order valence-electron chi connectivity index (χ1n) is 15.3. The number of aromatic hydroxyl groups is 1. The first-order valence-corrected chi connectivity index (χ1v) is 15.3. The molecular weight excluding hydrogens is 548 g/mol. The van der Waals surface area contributed by atoms with Gasteiger partial charge in [0.05, 0.1) is 0 Å². The second-order valence-electron chi connectivity index (χ2n) is 11.6. The molecule has 2 aromatic carbocycles. The van der Waals surface area contributed by atoms with Crippen LogP contribution in [-0.4, -0.2) is 70.0 Å². The van der Waals surface area contributed by atoms with E-state index in [9.17, 15) is 29.4 Å². The fourth-order valence-corrected chi connectivity index (χ4v) is 5.61. The number of benzene rings is 2. The summed E-state index contributed by atoms with van der Waals surface area (Å²) in [6, 6.07) is 13.3. The zero-order chi connectivity index (χ0) is 31.4. The number of carboxylic acid groups (broad SMARTS) is 1. The highest BCUT2D eigenvalue weighted by Gasteiger charge is 2.37. The Labute approximate surface area is 254 Å². The predicted octanol–water partition coefficient (Wildman–Crippen LogP) is 3.01. The van der Waals surface area contributed by atoms with Crippen molar-refractivity contribution in [2.45, 2.75) is 83.3 Å². The van der Waals surface area contributed by atoms with Crippen molar-refractivity contribution in [3.05, 3.63) is 65.7 Å². The fraction of sp³-hybridized carbons (Fsp3) is 0.515. The van der Waals surface area contributed by atoms with Gasteiger partial charge in [-0.25, -0.2) is 4.79 Å². The molecule has 1 fully saturated rings. The van der Waals surface area contributed by atoms with E-state index in [0.29, 0.717) is 44.3 Å². The molecule has 3 rings (SSSR count). The van der Waals surface area contributed by atoms with Crippen LogP contribution in [0.5, 0.6) is 5.75 Å². The molecule has 2 aromatic rings. The van der Waals surface area contributed by atoms with Gasteiger partial charge in [-0.3, -0.25) is 14.4 Å². The van der Waals surface area contributed by atoms with E-state index < -0.39 is 35.9 Å². The number of carboxylic acids is 1. The number of hydrogen-bond acceptors (Lipinski definition) is 6. The van der Waals surface area contributed by atoms with Crippen molar-refractivity contribution in [1.29, 1.82) is 0 Å². The third-order valence-corrected chi connectivity index (χ3v) is 8.31. The van der Waals surface area contributed by atoms with E-state index in [4.69, 9.17) is 5.73 Å². The Hall–Kier alpha value is -3.92. The molecule has 1 unspecified atom stereocenters. The number of carbonyl (C=O) groups excluding carboxylic acids is 3. The predicted molar refractivity (Wildman–Crippen MR) is 164 cm³/mol. The van der Waals surface area contributed by atoms with Gasteiger partial charge in [0.2, 0.25) is 17.7 Å². The summed E-state index contributed by atoms with van der Waals surface area (Å²) in [6.07, 6.45) is 4.42. The van der Waals surface area contributed by atoms with Crippen molar-refractivity contribution >= 4 is 23.7 Å². The van der Waals surface area contributed by atoms with Gasteiger partial charge in [-0.1, -0.05) is 62.7 Å². The molecule has 1 saturated heterocycles. The van der Waals surface area contributed by atoms with Crippen molar-refractivity contribution < 1.29 is 29.4 Å². The van der Waals surface area contributed by atoms with Gasteiger partial charge in [0, 0.05) is 19.4 Å². The highest BCUT2D eigenvalue weighted by Crippen LogP contribution is 2.24. The molecular formula is C33H46N4O6. The second kappa shape index (κ2) is 16.6. The first-order chi connectivity index (χ1) is 20.6. The molecule has 234 valence electrons. The second-order valence-corrected chi connectivity index (χ2v) is 11.6. The SMILES string of the molecule is CC[C@H](C)[C@H](NC(=O)[C@H](Cc1ccc(O)cc1)NC(=O)[C@@H]1CCCN1C(=O)CC(CCCN)Cc1ccccc1)C(=O)O. The average molecular weight is 595 g/mol. The molecule has 0 aromatic heterocycles. The van der Waals surface area contributed by atoms with Crippen LogP contribution in [0.1, 0.15) is 63.5 Å². The van der Waals surface area contributed by atoms with E-state index in [0.717, 1.165) is 24.8 Å². The first kappa shape index (κ1) is 33.6. The highest BCUT2D eigenvalue weighted by molar-refractivity contribution is 5.94. The maximum atomic E-state index is 13.6. The number of phenolic OH excluding ortho intramolecular Hbond substituents is 1. The van der Waals surface area contributed by atoms with Crippen molar-refractivity contribution in [3.63, 3.8) is 0 Å². The average Bonchev–Trinajstić information content (AvgIpc) is 3.50. The lowest BCUT2D eigenvalue weighted by Gasteiger charge is -2.29. The zero-order valence-electron chi connectivity index (χ0n) is 25.2. The third kappa shape index (κ3) is 10.1. The molecule has 0 saturated carbocycles. The molecule has 10 nitrogen and oxygen atoms in total. The monoisotopic (exact) mass is 594 g/mol. The highest BCUT2D eigenvalue weighted by atomic mass is 16.4. The topological polar surface area (TPSA) is 162 Å². The molecule has 0 spiro atoms. The summed E-state index contributed by atoms with van der Waals surface area (Å²) in [5.74, 6) is -2.48. The van der Waals surface area contributed by atoms with Crippen molar-refractivity contribution in [3.8, 4) is 5.75 Å². The molecule has 3 amide bonds. The van der Waals surface area contributed by atoms with E-state index in [2.05, 4.69) is 10.6 Å². The van der Waals surface area contributed by atoms with E-state index in [-0.39, 0.29) is 29.9 Å². The molecule has 5 atom stereocenters. The standard InChI is InChI=1S/C33H46N4O6/c1-3-22(2)30(33(42)43)36-31(40)27(20-24-13-15-26(38)16-14-24)35-32(41)28-12-8-18-37(28)29(39)21-25(11-7-17-34)19-23-9-5-4-6-10-23/h4-6,9-10,13-16,22,25,27-28,30,38H,3,7-8,11-12,17-21,34H2,1-2H3,(H,35,41)(H,36,40)(H,42,43)/t22-,25?,27-,28-,30-/m0/s1. The number of amides is 3. The molecule has 0 aliphatic carbocycles. The number of rotatable bonds is 16. The van der Waals surface area contributed by atoms with Gasteiger partial charge in [-0.05, 0) is 73.7 Å². The molecule has 1 aliphatic heterocycles. The Kier molecular flexibility index (Phi) is 13.0. The van der Waals surface area contributed by atoms with Crippen LogP contribution in [0, 0.1) is 11.8 Å². The summed E-state index contributed by atoms with van der Waals surface area (Å²) < 4.78 is 0. The van der Waals surface area contributed by atoms with Crippen LogP contribution in [-0.2, 0) is 32.0 Å². The van der Waals surface area contributed by atoms with Crippen LogP contribution in [0.25, 0.3) is 0 Å². The molecule has 0 radical (unpaired) electrons. The lowest BCUT2D eigenvalue weighted by atomic mass is 9.91. The van der Waals surface area contributed by atoms with Gasteiger partial charge >= 0.3 is 5.97 Å². The number of hydrogen-bond donors (Lipinski definition) is 5. The molecule has 6 N–H and O–H groups in total. The summed E-state index contributed by atoms with van der Waals surface area (Å²) in [6.45, 7) is 4.58. The normalized spacial score (nSPS) is 17.5. The van der Waals surface area contributed by atoms with Crippen LogP contribution < -0.4 is 16.4 Å². The molecule has 10 heteroatoms. The lowest BCUT2D eigenvalue weighted by molar-refractivity contribution is -0.144. The Bertz CT molecular complexity index is 1210. The van der Waals surface area contributed by atoms with Gasteiger partial charge in [0.25, 0.3) is 0 Å². The minimum absolute atomic E-state index is 0.0636. The quantitative estimate of drug-likeness (QED) is 0.200. The number of nitrogens with one attached hydrogen (secondary N) is 2. The molecule has 0 bridgehead atoms. The smallest absolute Gasteiger partial charge is 0.326 e. The maximum absolute atomic E-state index is 13.6. The fourth-order valence-electron chi connectivity index (χ4n) is 5.61. The lowest BCUT2D eigenvalue weighted by Crippen LogP contribution is -2.57. The van der Waals surface area contributed by atoms with Gasteiger partial charge in [-0.2, -0.15) is 0 Å². The van der Waals surface area contributed by atoms with Crippen LogP contribution >= 0.6 is 0 Å². The van der Waals surface area contributed by atoms with Gasteiger partial charge in [0.1, 0.15) is 23.9 Å². The van der Waals surface area contributed by atoms with Crippen molar-refractivity contribution in [1.82, 2.24) is 15.5 Å². The summed E-state index contributed by atoms with van der Waals surface area (Å²) >= 11 is 0. The van der Waals surface area contributed by atoms with Gasteiger partial charge < -0.3 is 31.5 Å². The minimum atomic E-state index is -1.15. The van der Waals surface area contributed by atoms with Crippen LogP contribution in [0.3, 0.4) is 0 Å². The Morgan fingerprint density at radius 1 is 1.00 bits per heavy atom. The van der Waals surface area contributed by atoms with E-state index >= 15 is 0 Å². The van der Waals surface area contributed by atoms with Gasteiger partial charge in [-0.15, -0.1) is 0 Å². The summed E-state index contributed by atoms with van der Waals surface area (Å²) in [5, 5.41) is 24.8. The van der Waals surface area contributed by atoms with Crippen molar-refractivity contribution in [2.75, 3.05) is 13.1 Å². The number of carbonyl (C=O) groups is 4. The Morgan fingerprint density at radius 2 is 1.67 bits per heavy atom. The van der Waals surface area contributed by atoms with Gasteiger partial charge in [0.15, 0.2) is 0 Å². The summed E-state index contributed by atoms with van der Waals surface area (Å²) in [4.78, 5) is 54.1. The Balaban J connectivity index is 1.74. The zero-order valence-corrected chi connectivity index (χ0v) is 25.2. The third-order valence-electron chi connectivity index (χ3n) is 8.31. The van der Waals surface area contributed by atoms with E-state index in [1.54, 1.807) is 24.0 Å². The molecule has 1 aliphatic rings. The molecule has 43 heavy (non-hydrogen) atoms. The summed E-state index contributed by atoms with van der Waals surface area (Å²) in [7, 11) is 0. The number of nitrogens with zero attached hydrogens (tertiary/aromatic N) is 1. The number of nitrogens with two attached hydrogens (primary N) is 1. The van der Waals surface area contributed by atoms with E-state index in [1.807, 2.05) is 37.3 Å². The largest absolute Gasteiger partial charge is 0.508 e. The minimum Gasteiger partial charge on any atom is -0.508 e. The van der Waals surface area contributed by atoms with Crippen molar-refractivity contribution in [2.24, 2.45) is 17.6 Å².